The van der Waals surface area contributed by atoms with Crippen molar-refractivity contribution in [3.05, 3.63) is 76.8 Å². The van der Waals surface area contributed by atoms with Crippen LogP contribution in [-0.4, -0.2) is 43.8 Å². The molecule has 4 N–H and O–H groups in total. The average Bonchev–Trinajstić information content (AvgIpc) is 3.17. The molecule has 1 atom stereocenters. The van der Waals surface area contributed by atoms with Crippen molar-refractivity contribution >= 4 is 50.5 Å². The molecule has 0 saturated carbocycles. The molecule has 0 saturated heterocycles. The summed E-state index contributed by atoms with van der Waals surface area (Å²) in [5.74, 6) is -0.231. The van der Waals surface area contributed by atoms with E-state index in [4.69, 9.17) is 0 Å². The van der Waals surface area contributed by atoms with E-state index in [0.717, 1.165) is 41.7 Å². The minimum Gasteiger partial charge on any atom is -0.387 e. The Hall–Kier alpha value is -2.50. The van der Waals surface area contributed by atoms with E-state index in [1.165, 1.54) is 0 Å². The summed E-state index contributed by atoms with van der Waals surface area (Å²) in [5.41, 5.74) is 3.18. The molecule has 0 aliphatic heterocycles. The second-order valence-corrected chi connectivity index (χ2v) is 9.93. The number of rotatable bonds is 11. The van der Waals surface area contributed by atoms with Crippen LogP contribution in [0.25, 0.3) is 0 Å². The van der Waals surface area contributed by atoms with Crippen LogP contribution in [0.15, 0.2) is 60.0 Å². The summed E-state index contributed by atoms with van der Waals surface area (Å²) in [5, 5.41) is 18.1. The number of carbonyl (C=O) groups excluding carboxylic acids is 1. The first-order chi connectivity index (χ1) is 15.3. The van der Waals surface area contributed by atoms with Crippen molar-refractivity contribution in [1.82, 2.24) is 10.3 Å². The molecule has 33 heavy (non-hydrogen) atoms. The number of aliphatic hydroxyl groups is 1. The maximum atomic E-state index is 12.2. The molecule has 1 unspecified atom stereocenters. The summed E-state index contributed by atoms with van der Waals surface area (Å²) < 4.78 is 24.8. The Morgan fingerprint density at radius 1 is 1.12 bits per heavy atom. The quantitative estimate of drug-likeness (QED) is 0.294. The Balaban J connectivity index is 0.00000385. The van der Waals surface area contributed by atoms with Gasteiger partial charge >= 0.3 is 0 Å². The Labute approximate surface area is 203 Å². The third-order valence-electron chi connectivity index (χ3n) is 4.52. The number of nitrogens with zero attached hydrogens (tertiary/aromatic N) is 1. The van der Waals surface area contributed by atoms with Gasteiger partial charge in [0, 0.05) is 17.6 Å². The van der Waals surface area contributed by atoms with Gasteiger partial charge in [0.25, 0.3) is 0 Å². The molecular formula is C22H27ClN4O4S2. The largest absolute Gasteiger partial charge is 0.387 e. The van der Waals surface area contributed by atoms with Crippen molar-refractivity contribution < 1.29 is 18.3 Å². The zero-order valence-corrected chi connectivity index (χ0v) is 20.5. The van der Waals surface area contributed by atoms with E-state index < -0.39 is 16.1 Å². The van der Waals surface area contributed by atoms with Crippen LogP contribution in [0.3, 0.4) is 0 Å². The third-order valence-corrected chi connectivity index (χ3v) is 6.02. The molecule has 2 aromatic carbocycles. The van der Waals surface area contributed by atoms with E-state index in [-0.39, 0.29) is 29.9 Å². The number of carbonyl (C=O) groups is 1. The van der Waals surface area contributed by atoms with Crippen LogP contribution < -0.4 is 15.4 Å². The molecule has 1 heterocycles. The summed E-state index contributed by atoms with van der Waals surface area (Å²) in [4.78, 5) is 16.3. The fourth-order valence-electron chi connectivity index (χ4n) is 2.98. The fourth-order valence-corrected chi connectivity index (χ4v) is 4.55. The number of aromatic nitrogens is 1. The molecule has 1 aromatic heterocycles. The number of halogens is 1. The molecule has 3 aromatic rings. The van der Waals surface area contributed by atoms with Crippen LogP contribution in [0.4, 0.5) is 10.8 Å². The van der Waals surface area contributed by atoms with Gasteiger partial charge in [-0.1, -0.05) is 42.5 Å². The number of hydrogen-bond acceptors (Lipinski definition) is 7. The van der Waals surface area contributed by atoms with Gasteiger partial charge in [0.15, 0.2) is 5.13 Å². The van der Waals surface area contributed by atoms with Gasteiger partial charge in [-0.05, 0) is 36.2 Å². The average molecular weight is 511 g/mol. The van der Waals surface area contributed by atoms with Gasteiger partial charge in [-0.3, -0.25) is 9.52 Å². The fraction of sp³-hybridized carbons (Fsp3) is 0.273. The lowest BCUT2D eigenvalue weighted by Crippen LogP contribution is -2.23. The Kier molecular flexibility index (Phi) is 10.3. The predicted octanol–water partition coefficient (Wildman–Crippen LogP) is 2.98. The van der Waals surface area contributed by atoms with E-state index in [1.54, 1.807) is 5.38 Å². The van der Waals surface area contributed by atoms with Crippen molar-refractivity contribution in [3.8, 4) is 0 Å². The van der Waals surface area contributed by atoms with Crippen LogP contribution in [0, 0.1) is 0 Å². The number of hydrogen-bond donors (Lipinski definition) is 4. The highest BCUT2D eigenvalue weighted by molar-refractivity contribution is 7.92. The van der Waals surface area contributed by atoms with Crippen molar-refractivity contribution in [2.24, 2.45) is 0 Å². The highest BCUT2D eigenvalue weighted by atomic mass is 35.5. The van der Waals surface area contributed by atoms with Crippen molar-refractivity contribution in [3.63, 3.8) is 0 Å². The number of benzene rings is 2. The molecule has 0 aliphatic carbocycles. The van der Waals surface area contributed by atoms with Crippen LogP contribution in [0.2, 0.25) is 0 Å². The molecule has 0 fully saturated rings. The van der Waals surface area contributed by atoms with Gasteiger partial charge in [-0.15, -0.1) is 23.7 Å². The molecule has 11 heteroatoms. The van der Waals surface area contributed by atoms with E-state index in [1.807, 2.05) is 54.6 Å². The SMILES string of the molecule is CS(=O)(=O)Nc1nc(CC(=O)Nc2ccc(CCNCC(O)c3ccccc3)cc2)cs1.Cl. The second-order valence-electron chi connectivity index (χ2n) is 7.32. The topological polar surface area (TPSA) is 120 Å². The Morgan fingerprint density at radius 3 is 2.48 bits per heavy atom. The minimum atomic E-state index is -3.39. The lowest BCUT2D eigenvalue weighted by atomic mass is 10.1. The maximum absolute atomic E-state index is 12.2. The van der Waals surface area contributed by atoms with Crippen molar-refractivity contribution in [2.75, 3.05) is 29.4 Å². The van der Waals surface area contributed by atoms with E-state index in [9.17, 15) is 18.3 Å². The van der Waals surface area contributed by atoms with Crippen molar-refractivity contribution in [2.45, 2.75) is 18.9 Å². The maximum Gasteiger partial charge on any atom is 0.231 e. The molecule has 1 amide bonds. The van der Waals surface area contributed by atoms with Crippen LogP contribution >= 0.6 is 23.7 Å². The first-order valence-electron chi connectivity index (χ1n) is 10.0. The van der Waals surface area contributed by atoms with Gasteiger partial charge in [0.2, 0.25) is 15.9 Å². The smallest absolute Gasteiger partial charge is 0.231 e. The Bertz CT molecular complexity index is 1120. The van der Waals surface area contributed by atoms with Crippen LogP contribution in [0.1, 0.15) is 22.9 Å². The van der Waals surface area contributed by atoms with E-state index in [2.05, 4.69) is 20.3 Å². The first kappa shape index (κ1) is 26.7. The van der Waals surface area contributed by atoms with E-state index >= 15 is 0 Å². The van der Waals surface area contributed by atoms with Crippen molar-refractivity contribution in [1.29, 1.82) is 0 Å². The molecule has 0 spiro atoms. The summed E-state index contributed by atoms with van der Waals surface area (Å²) in [6, 6.07) is 17.1. The van der Waals surface area contributed by atoms with Gasteiger partial charge in [0.05, 0.1) is 24.5 Å². The number of nitrogens with one attached hydrogen (secondary N) is 3. The standard InChI is InChI=1S/C22H26N4O4S2.ClH/c1-32(29,30)26-22-25-19(15-31-22)13-21(28)24-18-9-7-16(8-10-18)11-12-23-14-20(27)17-5-3-2-4-6-17;/h2-10,15,20,23,27H,11-14H2,1H3,(H,24,28)(H,25,26);1H. The minimum absolute atomic E-state index is 0. The summed E-state index contributed by atoms with van der Waals surface area (Å²) in [6.07, 6.45) is 1.36. The highest BCUT2D eigenvalue weighted by Crippen LogP contribution is 2.17. The normalized spacial score (nSPS) is 11.9. The Morgan fingerprint density at radius 2 is 1.82 bits per heavy atom. The number of anilines is 2. The molecule has 0 bridgehead atoms. The zero-order valence-electron chi connectivity index (χ0n) is 18.0. The zero-order chi connectivity index (χ0) is 23.0. The predicted molar refractivity (Wildman–Crippen MR) is 135 cm³/mol. The summed E-state index contributed by atoms with van der Waals surface area (Å²) in [7, 11) is -3.39. The number of aliphatic hydroxyl groups excluding tert-OH is 1. The summed E-state index contributed by atoms with van der Waals surface area (Å²) in [6.45, 7) is 1.21. The number of thiazole rings is 1. The number of sulfonamides is 1. The summed E-state index contributed by atoms with van der Waals surface area (Å²) >= 11 is 1.13. The van der Waals surface area contributed by atoms with Crippen LogP contribution in [-0.2, 0) is 27.7 Å². The molecule has 0 aliphatic rings. The second kappa shape index (κ2) is 12.7. The molecular weight excluding hydrogens is 484 g/mol. The first-order valence-corrected chi connectivity index (χ1v) is 12.8. The lowest BCUT2D eigenvalue weighted by molar-refractivity contribution is -0.115. The third kappa shape index (κ3) is 9.48. The molecule has 178 valence electrons. The monoisotopic (exact) mass is 510 g/mol. The highest BCUT2D eigenvalue weighted by Gasteiger charge is 2.11. The van der Waals surface area contributed by atoms with Gasteiger partial charge in [-0.2, -0.15) is 0 Å². The van der Waals surface area contributed by atoms with Gasteiger partial charge in [0.1, 0.15) is 0 Å². The van der Waals surface area contributed by atoms with E-state index in [0.29, 0.717) is 17.9 Å². The van der Waals surface area contributed by atoms with Gasteiger partial charge < -0.3 is 15.7 Å². The van der Waals surface area contributed by atoms with Gasteiger partial charge in [-0.25, -0.2) is 13.4 Å². The molecule has 0 radical (unpaired) electrons. The molecule has 8 nitrogen and oxygen atoms in total. The molecule has 3 rings (SSSR count). The number of amides is 1. The lowest BCUT2D eigenvalue weighted by Gasteiger charge is -2.12. The van der Waals surface area contributed by atoms with Crippen LogP contribution in [0.5, 0.6) is 0 Å².